The normalized spacial score (nSPS) is 14.0. The Morgan fingerprint density at radius 2 is 2.00 bits per heavy atom. The minimum Gasteiger partial charge on any atom is -0.454 e. The topological polar surface area (TPSA) is 50.7 Å². The molecule has 2 aromatic carbocycles. The van der Waals surface area contributed by atoms with Gasteiger partial charge in [0.25, 0.3) is 0 Å². The Balaban J connectivity index is 1.69. The van der Waals surface area contributed by atoms with Crippen LogP contribution in [0.1, 0.15) is 11.7 Å². The molecule has 21 heavy (non-hydrogen) atoms. The van der Waals surface area contributed by atoms with Crippen LogP contribution in [0, 0.1) is 0 Å². The van der Waals surface area contributed by atoms with E-state index in [1.807, 2.05) is 18.2 Å². The van der Waals surface area contributed by atoms with E-state index in [9.17, 15) is 5.11 Å². The van der Waals surface area contributed by atoms with Crippen molar-refractivity contribution in [3.05, 3.63) is 51.5 Å². The Morgan fingerprint density at radius 3 is 2.86 bits per heavy atom. The summed E-state index contributed by atoms with van der Waals surface area (Å²) >= 11 is 9.49. The zero-order valence-corrected chi connectivity index (χ0v) is 13.3. The Bertz CT molecular complexity index is 665. The molecule has 0 fully saturated rings. The Hall–Kier alpha value is -1.43. The first-order chi connectivity index (χ1) is 10.1. The van der Waals surface area contributed by atoms with Gasteiger partial charge in [0, 0.05) is 11.0 Å². The summed E-state index contributed by atoms with van der Waals surface area (Å²) in [6, 6.07) is 10.9. The highest BCUT2D eigenvalue weighted by molar-refractivity contribution is 9.10. The van der Waals surface area contributed by atoms with Crippen LogP contribution in [-0.4, -0.2) is 18.4 Å². The molecule has 0 saturated heterocycles. The van der Waals surface area contributed by atoms with Crippen molar-refractivity contribution in [2.45, 2.75) is 6.10 Å². The number of aliphatic hydroxyl groups excluding tert-OH is 1. The maximum Gasteiger partial charge on any atom is 0.231 e. The van der Waals surface area contributed by atoms with Gasteiger partial charge in [-0.05, 0) is 35.9 Å². The van der Waals surface area contributed by atoms with Crippen molar-refractivity contribution in [3.63, 3.8) is 0 Å². The molecule has 4 nitrogen and oxygen atoms in total. The van der Waals surface area contributed by atoms with Gasteiger partial charge in [0.2, 0.25) is 6.79 Å². The standard InChI is InChI=1S/C15H13BrClNO3/c16-10-2-3-11(17)12(6-10)18-7-13(19)9-1-4-14-15(5-9)21-8-20-14/h1-6,13,18-19H,7-8H2. The fourth-order valence-corrected chi connectivity index (χ4v) is 2.62. The molecular weight excluding hydrogens is 358 g/mol. The number of benzene rings is 2. The Labute approximate surface area is 135 Å². The quantitative estimate of drug-likeness (QED) is 0.855. The molecular formula is C15H13BrClNO3. The second-order valence-corrected chi connectivity index (χ2v) is 5.96. The van der Waals surface area contributed by atoms with Crippen molar-refractivity contribution in [1.82, 2.24) is 0 Å². The first kappa shape index (κ1) is 14.5. The average Bonchev–Trinajstić information content (AvgIpc) is 2.95. The van der Waals surface area contributed by atoms with Gasteiger partial charge in [-0.1, -0.05) is 33.6 Å². The monoisotopic (exact) mass is 369 g/mol. The number of nitrogens with one attached hydrogen (secondary N) is 1. The summed E-state index contributed by atoms with van der Waals surface area (Å²) in [5.41, 5.74) is 1.53. The number of hydrogen-bond donors (Lipinski definition) is 2. The van der Waals surface area contributed by atoms with Crippen LogP contribution in [0.5, 0.6) is 11.5 Å². The van der Waals surface area contributed by atoms with Crippen molar-refractivity contribution >= 4 is 33.2 Å². The highest BCUT2D eigenvalue weighted by atomic mass is 79.9. The highest BCUT2D eigenvalue weighted by Gasteiger charge is 2.16. The van der Waals surface area contributed by atoms with Crippen LogP contribution in [0.3, 0.4) is 0 Å². The molecule has 2 N–H and O–H groups in total. The van der Waals surface area contributed by atoms with Gasteiger partial charge >= 0.3 is 0 Å². The molecule has 0 aliphatic carbocycles. The molecule has 0 radical (unpaired) electrons. The van der Waals surface area contributed by atoms with Gasteiger partial charge in [0.05, 0.1) is 16.8 Å². The maximum atomic E-state index is 10.3. The number of hydrogen-bond acceptors (Lipinski definition) is 4. The highest BCUT2D eigenvalue weighted by Crippen LogP contribution is 2.34. The molecule has 1 heterocycles. The van der Waals surface area contributed by atoms with E-state index in [0.29, 0.717) is 23.1 Å². The molecule has 0 aromatic heterocycles. The second-order valence-electron chi connectivity index (χ2n) is 4.63. The van der Waals surface area contributed by atoms with E-state index in [4.69, 9.17) is 21.1 Å². The maximum absolute atomic E-state index is 10.3. The summed E-state index contributed by atoms with van der Waals surface area (Å²) in [5, 5.41) is 14.0. The third-order valence-electron chi connectivity index (χ3n) is 3.20. The largest absolute Gasteiger partial charge is 0.454 e. The molecule has 0 amide bonds. The number of halogens is 2. The Kier molecular flexibility index (Phi) is 4.24. The van der Waals surface area contributed by atoms with E-state index in [-0.39, 0.29) is 6.79 Å². The summed E-state index contributed by atoms with van der Waals surface area (Å²) in [4.78, 5) is 0. The first-order valence-corrected chi connectivity index (χ1v) is 7.57. The first-order valence-electron chi connectivity index (χ1n) is 6.40. The molecule has 0 saturated carbocycles. The van der Waals surface area contributed by atoms with E-state index in [2.05, 4.69) is 21.2 Å². The molecule has 2 aromatic rings. The SMILES string of the molecule is OC(CNc1cc(Br)ccc1Cl)c1ccc2c(c1)OCO2. The van der Waals surface area contributed by atoms with Gasteiger partial charge in [0.15, 0.2) is 11.5 Å². The van der Waals surface area contributed by atoms with Gasteiger partial charge in [0.1, 0.15) is 0 Å². The number of rotatable bonds is 4. The Morgan fingerprint density at radius 1 is 1.19 bits per heavy atom. The average molecular weight is 371 g/mol. The van der Waals surface area contributed by atoms with Crippen LogP contribution >= 0.6 is 27.5 Å². The van der Waals surface area contributed by atoms with Crippen molar-refractivity contribution in [3.8, 4) is 11.5 Å². The molecule has 1 atom stereocenters. The summed E-state index contributed by atoms with van der Waals surface area (Å²) in [7, 11) is 0. The molecule has 0 spiro atoms. The number of aliphatic hydroxyl groups is 1. The van der Waals surface area contributed by atoms with Gasteiger partial charge < -0.3 is 19.9 Å². The summed E-state index contributed by atoms with van der Waals surface area (Å²) in [6.07, 6.45) is -0.672. The summed E-state index contributed by atoms with van der Waals surface area (Å²) in [5.74, 6) is 1.36. The molecule has 3 rings (SSSR count). The third-order valence-corrected chi connectivity index (χ3v) is 4.02. The lowest BCUT2D eigenvalue weighted by Gasteiger charge is -2.14. The second kappa shape index (κ2) is 6.13. The lowest BCUT2D eigenvalue weighted by Crippen LogP contribution is -2.12. The predicted molar refractivity (Wildman–Crippen MR) is 85.2 cm³/mol. The van der Waals surface area contributed by atoms with Crippen LogP contribution in [0.4, 0.5) is 5.69 Å². The van der Waals surface area contributed by atoms with E-state index in [1.165, 1.54) is 0 Å². The van der Waals surface area contributed by atoms with E-state index < -0.39 is 6.10 Å². The smallest absolute Gasteiger partial charge is 0.231 e. The fourth-order valence-electron chi connectivity index (χ4n) is 2.08. The van der Waals surface area contributed by atoms with E-state index in [0.717, 1.165) is 15.7 Å². The van der Waals surface area contributed by atoms with Crippen LogP contribution in [0.2, 0.25) is 5.02 Å². The van der Waals surface area contributed by atoms with Crippen LogP contribution in [0.15, 0.2) is 40.9 Å². The molecule has 110 valence electrons. The van der Waals surface area contributed by atoms with Gasteiger partial charge in [-0.25, -0.2) is 0 Å². The van der Waals surface area contributed by atoms with E-state index >= 15 is 0 Å². The number of anilines is 1. The lowest BCUT2D eigenvalue weighted by molar-refractivity contribution is 0.173. The molecule has 1 aliphatic heterocycles. The zero-order chi connectivity index (χ0) is 14.8. The van der Waals surface area contributed by atoms with Gasteiger partial charge in [-0.2, -0.15) is 0 Å². The molecule has 1 aliphatic rings. The van der Waals surface area contributed by atoms with Crippen molar-refractivity contribution in [1.29, 1.82) is 0 Å². The van der Waals surface area contributed by atoms with Crippen LogP contribution in [-0.2, 0) is 0 Å². The fraction of sp³-hybridized carbons (Fsp3) is 0.200. The summed E-state index contributed by atoms with van der Waals surface area (Å²) < 4.78 is 11.5. The van der Waals surface area contributed by atoms with Crippen LogP contribution in [0.25, 0.3) is 0 Å². The zero-order valence-electron chi connectivity index (χ0n) is 11.0. The van der Waals surface area contributed by atoms with Gasteiger partial charge in [-0.3, -0.25) is 0 Å². The molecule has 6 heteroatoms. The lowest BCUT2D eigenvalue weighted by atomic mass is 10.1. The van der Waals surface area contributed by atoms with Gasteiger partial charge in [-0.15, -0.1) is 0 Å². The third kappa shape index (κ3) is 3.26. The minimum atomic E-state index is -0.672. The minimum absolute atomic E-state index is 0.223. The summed E-state index contributed by atoms with van der Waals surface area (Å²) in [6.45, 7) is 0.566. The molecule has 1 unspecified atom stereocenters. The van der Waals surface area contributed by atoms with Crippen molar-refractivity contribution in [2.24, 2.45) is 0 Å². The van der Waals surface area contributed by atoms with Crippen molar-refractivity contribution < 1.29 is 14.6 Å². The molecule has 0 bridgehead atoms. The van der Waals surface area contributed by atoms with Crippen LogP contribution < -0.4 is 14.8 Å². The number of fused-ring (bicyclic) bond motifs is 1. The number of ether oxygens (including phenoxy) is 2. The van der Waals surface area contributed by atoms with Crippen molar-refractivity contribution in [2.75, 3.05) is 18.7 Å². The van der Waals surface area contributed by atoms with E-state index in [1.54, 1.807) is 18.2 Å². The predicted octanol–water partition coefficient (Wildman–Crippen LogP) is 3.98.